The highest BCUT2D eigenvalue weighted by Gasteiger charge is 2.22. The summed E-state index contributed by atoms with van der Waals surface area (Å²) in [6.45, 7) is 1.84. The minimum absolute atomic E-state index is 0.0462. The van der Waals surface area contributed by atoms with Crippen molar-refractivity contribution in [2.24, 2.45) is 0 Å². The van der Waals surface area contributed by atoms with E-state index in [1.165, 1.54) is 36.4 Å². The number of sulfonamides is 1. The van der Waals surface area contributed by atoms with E-state index in [0.717, 1.165) is 37.7 Å². The number of carbonyl (C=O) groups is 1. The molecule has 0 aliphatic heterocycles. The molecule has 3 rings (SSSR count). The summed E-state index contributed by atoms with van der Waals surface area (Å²) in [4.78, 5) is 12.4. The third-order valence-corrected chi connectivity index (χ3v) is 8.25. The summed E-state index contributed by atoms with van der Waals surface area (Å²) in [5.74, 6) is -1.38. The van der Waals surface area contributed by atoms with E-state index in [1.807, 2.05) is 6.92 Å². The molecule has 9 heteroatoms. The van der Waals surface area contributed by atoms with Gasteiger partial charge in [-0.15, -0.1) is 0 Å². The molecular weight excluding hydrogens is 424 g/mol. The monoisotopic (exact) mass is 450 g/mol. The Kier molecular flexibility index (Phi) is 6.95. The van der Waals surface area contributed by atoms with E-state index in [-0.39, 0.29) is 15.8 Å². The summed E-state index contributed by atoms with van der Waals surface area (Å²) in [7, 11) is -7.39. The molecule has 0 atom stereocenters. The van der Waals surface area contributed by atoms with Crippen LogP contribution in [0.3, 0.4) is 0 Å². The molecule has 1 aliphatic carbocycles. The first kappa shape index (κ1) is 22.5. The van der Waals surface area contributed by atoms with Crippen molar-refractivity contribution in [2.75, 3.05) is 11.1 Å². The zero-order valence-corrected chi connectivity index (χ0v) is 18.4. The molecule has 1 fully saturated rings. The van der Waals surface area contributed by atoms with Crippen molar-refractivity contribution in [2.45, 2.75) is 54.9 Å². The molecule has 1 saturated carbocycles. The maximum absolute atomic E-state index is 12.5. The number of anilines is 1. The van der Waals surface area contributed by atoms with Crippen molar-refractivity contribution in [1.82, 2.24) is 4.72 Å². The van der Waals surface area contributed by atoms with Gasteiger partial charge in [-0.1, -0.05) is 37.0 Å². The maximum Gasteiger partial charge on any atom is 0.240 e. The number of rotatable bonds is 7. The van der Waals surface area contributed by atoms with Crippen LogP contribution in [0.5, 0.6) is 0 Å². The van der Waals surface area contributed by atoms with Gasteiger partial charge in [0.1, 0.15) is 5.75 Å². The fourth-order valence-corrected chi connectivity index (χ4v) is 5.86. The van der Waals surface area contributed by atoms with Crippen LogP contribution in [0.1, 0.15) is 37.7 Å². The number of nitrogens with one attached hydrogen (secondary N) is 2. The predicted molar refractivity (Wildman–Crippen MR) is 115 cm³/mol. The molecule has 1 amide bonds. The lowest BCUT2D eigenvalue weighted by atomic mass is 9.96. The molecule has 0 bridgehead atoms. The van der Waals surface area contributed by atoms with Crippen LogP contribution in [0.15, 0.2) is 58.3 Å². The van der Waals surface area contributed by atoms with Gasteiger partial charge in [0.05, 0.1) is 9.79 Å². The molecule has 2 aromatic rings. The lowest BCUT2D eigenvalue weighted by molar-refractivity contribution is -0.113. The highest BCUT2D eigenvalue weighted by molar-refractivity contribution is 7.92. The van der Waals surface area contributed by atoms with E-state index in [2.05, 4.69) is 10.0 Å². The van der Waals surface area contributed by atoms with Crippen LogP contribution in [0.25, 0.3) is 0 Å². The molecule has 7 nitrogen and oxygen atoms in total. The first-order chi connectivity index (χ1) is 14.2. The van der Waals surface area contributed by atoms with Crippen LogP contribution in [-0.2, 0) is 24.7 Å². The maximum atomic E-state index is 12.5. The second-order valence-corrected chi connectivity index (χ2v) is 11.3. The van der Waals surface area contributed by atoms with Gasteiger partial charge >= 0.3 is 0 Å². The average Bonchev–Trinajstić information content (AvgIpc) is 2.68. The number of aryl methyl sites for hydroxylation is 1. The largest absolute Gasteiger partial charge is 0.325 e. The second-order valence-electron chi connectivity index (χ2n) is 7.60. The molecule has 2 aromatic carbocycles. The van der Waals surface area contributed by atoms with Gasteiger partial charge in [-0.2, -0.15) is 0 Å². The van der Waals surface area contributed by atoms with E-state index in [1.54, 1.807) is 12.1 Å². The molecular formula is C21H26N2O5S2. The van der Waals surface area contributed by atoms with E-state index in [9.17, 15) is 21.6 Å². The summed E-state index contributed by atoms with van der Waals surface area (Å²) in [5.41, 5.74) is 1.25. The molecule has 1 aliphatic rings. The quantitative estimate of drug-likeness (QED) is 0.674. The van der Waals surface area contributed by atoms with Crippen LogP contribution in [0.4, 0.5) is 5.69 Å². The molecule has 2 N–H and O–H groups in total. The van der Waals surface area contributed by atoms with Crippen molar-refractivity contribution < 1.29 is 21.6 Å². The van der Waals surface area contributed by atoms with Gasteiger partial charge in [0.25, 0.3) is 0 Å². The summed E-state index contributed by atoms with van der Waals surface area (Å²) >= 11 is 0. The highest BCUT2D eigenvalue weighted by Crippen LogP contribution is 2.21. The van der Waals surface area contributed by atoms with Gasteiger partial charge < -0.3 is 5.32 Å². The van der Waals surface area contributed by atoms with E-state index < -0.39 is 31.5 Å². The van der Waals surface area contributed by atoms with Crippen LogP contribution in [-0.4, -0.2) is 34.5 Å². The van der Waals surface area contributed by atoms with Crippen molar-refractivity contribution in [3.63, 3.8) is 0 Å². The normalized spacial score (nSPS) is 15.6. The van der Waals surface area contributed by atoms with Crippen LogP contribution < -0.4 is 10.0 Å². The average molecular weight is 451 g/mol. The zero-order valence-electron chi connectivity index (χ0n) is 16.8. The first-order valence-corrected chi connectivity index (χ1v) is 13.0. The van der Waals surface area contributed by atoms with Crippen molar-refractivity contribution in [1.29, 1.82) is 0 Å². The Balaban J connectivity index is 1.62. The third-order valence-electron chi connectivity index (χ3n) is 5.08. The van der Waals surface area contributed by atoms with Crippen molar-refractivity contribution >= 4 is 31.5 Å². The van der Waals surface area contributed by atoms with E-state index in [4.69, 9.17) is 0 Å². The lowest BCUT2D eigenvalue weighted by Gasteiger charge is -2.22. The predicted octanol–water partition coefficient (Wildman–Crippen LogP) is 3.02. The van der Waals surface area contributed by atoms with Gasteiger partial charge in [-0.25, -0.2) is 21.6 Å². The number of carbonyl (C=O) groups excluding carboxylic acids is 1. The number of hydrogen-bond acceptors (Lipinski definition) is 5. The Hall–Kier alpha value is -2.23. The number of sulfone groups is 1. The minimum atomic E-state index is -3.76. The van der Waals surface area contributed by atoms with Gasteiger partial charge in [0, 0.05) is 11.7 Å². The van der Waals surface area contributed by atoms with Gasteiger partial charge in [-0.3, -0.25) is 4.79 Å². The summed E-state index contributed by atoms with van der Waals surface area (Å²) in [6, 6.07) is 11.9. The van der Waals surface area contributed by atoms with Crippen molar-refractivity contribution in [3.8, 4) is 0 Å². The van der Waals surface area contributed by atoms with E-state index >= 15 is 0 Å². The van der Waals surface area contributed by atoms with Crippen molar-refractivity contribution in [3.05, 3.63) is 54.1 Å². The van der Waals surface area contributed by atoms with Crippen LogP contribution in [0.2, 0.25) is 0 Å². The Morgan fingerprint density at radius 1 is 0.867 bits per heavy atom. The summed E-state index contributed by atoms with van der Waals surface area (Å²) < 4.78 is 52.5. The summed E-state index contributed by atoms with van der Waals surface area (Å²) in [6.07, 6.45) is 4.84. The Morgan fingerprint density at radius 2 is 1.43 bits per heavy atom. The van der Waals surface area contributed by atoms with Crippen LogP contribution >= 0.6 is 0 Å². The third kappa shape index (κ3) is 5.90. The fourth-order valence-electron chi connectivity index (χ4n) is 3.42. The minimum Gasteiger partial charge on any atom is -0.325 e. The van der Waals surface area contributed by atoms with Gasteiger partial charge in [0.2, 0.25) is 15.9 Å². The van der Waals surface area contributed by atoms with E-state index in [0.29, 0.717) is 5.69 Å². The Bertz CT molecular complexity index is 1090. The molecule has 162 valence electrons. The number of benzene rings is 2. The molecule has 0 unspecified atom stereocenters. The smallest absolute Gasteiger partial charge is 0.240 e. The Labute approximate surface area is 177 Å². The first-order valence-electron chi connectivity index (χ1n) is 9.87. The summed E-state index contributed by atoms with van der Waals surface area (Å²) in [5, 5.41) is 2.51. The number of amides is 1. The molecule has 0 radical (unpaired) electrons. The molecule has 0 spiro atoms. The topological polar surface area (TPSA) is 109 Å². The standard InChI is InChI=1S/C21H26N2O5S2/c1-16-7-11-19(12-8-16)29(25,26)15-21(24)22-17-9-13-20(14-10-17)30(27,28)23-18-5-3-2-4-6-18/h7-14,18,23H,2-6,15H2,1H3,(H,22,24). The number of hydrogen-bond donors (Lipinski definition) is 2. The zero-order chi connectivity index (χ0) is 21.8. The molecule has 0 heterocycles. The van der Waals surface area contributed by atoms with Gasteiger partial charge in [0.15, 0.2) is 9.84 Å². The van der Waals surface area contributed by atoms with Gasteiger partial charge in [-0.05, 0) is 56.2 Å². The molecule has 0 aromatic heterocycles. The van der Waals surface area contributed by atoms with Crippen LogP contribution in [0, 0.1) is 6.92 Å². The highest BCUT2D eigenvalue weighted by atomic mass is 32.2. The second kappa shape index (κ2) is 9.28. The lowest BCUT2D eigenvalue weighted by Crippen LogP contribution is -2.36. The Morgan fingerprint density at radius 3 is 2.03 bits per heavy atom. The fraction of sp³-hybridized carbons (Fsp3) is 0.381. The molecule has 0 saturated heterocycles. The molecule has 30 heavy (non-hydrogen) atoms. The SMILES string of the molecule is Cc1ccc(S(=O)(=O)CC(=O)Nc2ccc(S(=O)(=O)NC3CCCCC3)cc2)cc1.